The number of nitrogens with one attached hydrogen (secondary N) is 1. The van der Waals surface area contributed by atoms with E-state index in [2.05, 4.69) is 49.9 Å². The molecule has 0 bridgehead atoms. The van der Waals surface area contributed by atoms with Crippen molar-refractivity contribution in [3.05, 3.63) is 11.4 Å². The van der Waals surface area contributed by atoms with Crippen molar-refractivity contribution in [1.82, 2.24) is 9.97 Å². The lowest BCUT2D eigenvalue weighted by Crippen LogP contribution is -2.24. The van der Waals surface area contributed by atoms with Crippen molar-refractivity contribution in [2.45, 2.75) is 40.5 Å². The van der Waals surface area contributed by atoms with Crippen LogP contribution >= 0.6 is 0 Å². The van der Waals surface area contributed by atoms with Crippen molar-refractivity contribution in [1.29, 1.82) is 0 Å². The second kappa shape index (κ2) is 5.76. The van der Waals surface area contributed by atoms with Crippen molar-refractivity contribution >= 4 is 11.6 Å². The minimum absolute atomic E-state index is 0.840. The first-order valence-corrected chi connectivity index (χ1v) is 7.39. The Hall–Kier alpha value is -1.32. The van der Waals surface area contributed by atoms with E-state index in [4.69, 9.17) is 4.98 Å². The minimum Gasteiger partial charge on any atom is -0.370 e. The molecule has 1 aliphatic carbocycles. The molecule has 4 heteroatoms. The van der Waals surface area contributed by atoms with Gasteiger partial charge >= 0.3 is 0 Å². The number of aromatic nitrogens is 2. The van der Waals surface area contributed by atoms with Crippen LogP contribution in [0.25, 0.3) is 0 Å². The number of nitrogens with zero attached hydrogens (tertiary/aromatic N) is 3. The molecule has 1 saturated carbocycles. The molecule has 2 atom stereocenters. The van der Waals surface area contributed by atoms with E-state index in [1.807, 2.05) is 0 Å². The first-order chi connectivity index (χ1) is 9.06. The maximum absolute atomic E-state index is 4.71. The second-order valence-electron chi connectivity index (χ2n) is 5.67. The lowest BCUT2D eigenvalue weighted by atomic mass is 10.2. The summed E-state index contributed by atoms with van der Waals surface area (Å²) < 4.78 is 0. The predicted molar refractivity (Wildman–Crippen MR) is 80.9 cm³/mol. The minimum atomic E-state index is 0.840. The third-order valence-corrected chi connectivity index (χ3v) is 3.97. The highest BCUT2D eigenvalue weighted by Crippen LogP contribution is 2.39. The van der Waals surface area contributed by atoms with E-state index in [9.17, 15) is 0 Å². The molecule has 0 radical (unpaired) electrons. The van der Waals surface area contributed by atoms with Gasteiger partial charge in [-0.1, -0.05) is 13.8 Å². The van der Waals surface area contributed by atoms with Gasteiger partial charge < -0.3 is 10.2 Å². The van der Waals surface area contributed by atoms with Crippen LogP contribution in [0.3, 0.4) is 0 Å². The molecule has 2 unspecified atom stereocenters. The fraction of sp³-hybridized carbons (Fsp3) is 0.733. The smallest absolute Gasteiger partial charge is 0.137 e. The van der Waals surface area contributed by atoms with E-state index < -0.39 is 0 Å². The average Bonchev–Trinajstić information content (AvgIpc) is 3.07. The van der Waals surface area contributed by atoms with Crippen LogP contribution in [-0.2, 0) is 6.42 Å². The van der Waals surface area contributed by atoms with Crippen molar-refractivity contribution in [3.8, 4) is 0 Å². The van der Waals surface area contributed by atoms with E-state index >= 15 is 0 Å². The Balaban J connectivity index is 2.23. The molecular weight excluding hydrogens is 236 g/mol. The zero-order valence-electron chi connectivity index (χ0n) is 12.8. The summed E-state index contributed by atoms with van der Waals surface area (Å²) in [4.78, 5) is 11.6. The molecule has 0 amide bonds. The highest BCUT2D eigenvalue weighted by molar-refractivity contribution is 5.58. The van der Waals surface area contributed by atoms with Crippen molar-refractivity contribution in [2.75, 3.05) is 30.4 Å². The van der Waals surface area contributed by atoms with E-state index in [1.165, 1.54) is 6.42 Å². The van der Waals surface area contributed by atoms with Gasteiger partial charge in [-0.2, -0.15) is 0 Å². The summed E-state index contributed by atoms with van der Waals surface area (Å²) in [6.45, 7) is 10.6. The van der Waals surface area contributed by atoms with Crippen LogP contribution in [0.1, 0.15) is 38.6 Å². The predicted octanol–water partition coefficient (Wildman–Crippen LogP) is 2.87. The zero-order valence-corrected chi connectivity index (χ0v) is 12.8. The number of anilines is 2. The molecule has 0 saturated heterocycles. The maximum atomic E-state index is 4.71. The summed E-state index contributed by atoms with van der Waals surface area (Å²) in [7, 11) is 2.15. The average molecular weight is 262 g/mol. The third kappa shape index (κ3) is 3.17. The van der Waals surface area contributed by atoms with Crippen LogP contribution < -0.4 is 10.2 Å². The van der Waals surface area contributed by atoms with E-state index in [0.29, 0.717) is 0 Å². The van der Waals surface area contributed by atoms with Gasteiger partial charge in [0, 0.05) is 32.1 Å². The summed E-state index contributed by atoms with van der Waals surface area (Å²) in [6, 6.07) is 0. The molecular formula is C15H26N4. The van der Waals surface area contributed by atoms with Crippen molar-refractivity contribution < 1.29 is 0 Å². The molecule has 1 aromatic heterocycles. The molecule has 0 spiro atoms. The van der Waals surface area contributed by atoms with Gasteiger partial charge in [-0.3, -0.25) is 0 Å². The van der Waals surface area contributed by atoms with Crippen molar-refractivity contribution in [3.63, 3.8) is 0 Å². The molecule has 0 aromatic carbocycles. The van der Waals surface area contributed by atoms with E-state index in [0.717, 1.165) is 54.4 Å². The first kappa shape index (κ1) is 14.1. The van der Waals surface area contributed by atoms with Crippen LogP contribution in [-0.4, -0.2) is 30.1 Å². The molecule has 4 nitrogen and oxygen atoms in total. The zero-order chi connectivity index (χ0) is 14.0. The molecule has 1 fully saturated rings. The monoisotopic (exact) mass is 262 g/mol. The highest BCUT2D eigenvalue weighted by atomic mass is 15.2. The fourth-order valence-corrected chi connectivity index (χ4v) is 2.51. The Morgan fingerprint density at radius 3 is 2.53 bits per heavy atom. The van der Waals surface area contributed by atoms with Gasteiger partial charge in [-0.25, -0.2) is 9.97 Å². The standard InChI is InChI=1S/C15H26N4/c1-6-13-17-14(16-7-2)11(4)15(18-13)19(5)9-12-8-10(12)3/h10,12H,6-9H2,1-5H3,(H,16,17,18). The summed E-state index contributed by atoms with van der Waals surface area (Å²) >= 11 is 0. The Labute approximate surface area is 116 Å². The summed E-state index contributed by atoms with van der Waals surface area (Å²) in [5, 5.41) is 3.35. The van der Waals surface area contributed by atoms with Crippen LogP contribution in [0.15, 0.2) is 0 Å². The van der Waals surface area contributed by atoms with Crippen LogP contribution in [0.2, 0.25) is 0 Å². The highest BCUT2D eigenvalue weighted by Gasteiger charge is 2.33. The summed E-state index contributed by atoms with van der Waals surface area (Å²) in [5.74, 6) is 4.71. The van der Waals surface area contributed by atoms with Crippen LogP contribution in [0, 0.1) is 18.8 Å². The lowest BCUT2D eigenvalue weighted by molar-refractivity contribution is 0.714. The summed E-state index contributed by atoms with van der Waals surface area (Å²) in [6.07, 6.45) is 2.23. The number of hydrogen-bond donors (Lipinski definition) is 1. The Bertz CT molecular complexity index is 444. The molecule has 2 rings (SSSR count). The van der Waals surface area contributed by atoms with Gasteiger partial charge in [0.05, 0.1) is 0 Å². The van der Waals surface area contributed by atoms with Crippen molar-refractivity contribution in [2.24, 2.45) is 11.8 Å². The molecule has 1 heterocycles. The summed E-state index contributed by atoms with van der Waals surface area (Å²) in [5.41, 5.74) is 1.16. The number of aryl methyl sites for hydroxylation is 1. The van der Waals surface area contributed by atoms with Gasteiger partial charge in [0.15, 0.2) is 0 Å². The largest absolute Gasteiger partial charge is 0.370 e. The Morgan fingerprint density at radius 2 is 2.00 bits per heavy atom. The molecule has 1 aliphatic rings. The van der Waals surface area contributed by atoms with Gasteiger partial charge in [0.25, 0.3) is 0 Å². The molecule has 0 aliphatic heterocycles. The van der Waals surface area contributed by atoms with Gasteiger partial charge in [0.1, 0.15) is 17.5 Å². The topological polar surface area (TPSA) is 41.1 Å². The SMILES string of the molecule is CCNc1nc(CC)nc(N(C)CC2CC2C)c1C. The van der Waals surface area contributed by atoms with E-state index in [-0.39, 0.29) is 0 Å². The molecule has 106 valence electrons. The third-order valence-electron chi connectivity index (χ3n) is 3.97. The fourth-order valence-electron chi connectivity index (χ4n) is 2.51. The normalized spacial score (nSPS) is 21.3. The Morgan fingerprint density at radius 1 is 1.32 bits per heavy atom. The van der Waals surface area contributed by atoms with Gasteiger partial charge in [-0.05, 0) is 32.1 Å². The molecule has 1 aromatic rings. The van der Waals surface area contributed by atoms with E-state index in [1.54, 1.807) is 0 Å². The molecule has 1 N–H and O–H groups in total. The molecule has 19 heavy (non-hydrogen) atoms. The first-order valence-electron chi connectivity index (χ1n) is 7.39. The Kier molecular flexibility index (Phi) is 4.27. The lowest BCUT2D eigenvalue weighted by Gasteiger charge is -2.22. The quantitative estimate of drug-likeness (QED) is 0.856. The maximum Gasteiger partial charge on any atom is 0.137 e. The number of rotatable bonds is 6. The van der Waals surface area contributed by atoms with Crippen LogP contribution in [0.5, 0.6) is 0 Å². The second-order valence-corrected chi connectivity index (χ2v) is 5.67. The van der Waals surface area contributed by atoms with Gasteiger partial charge in [-0.15, -0.1) is 0 Å². The van der Waals surface area contributed by atoms with Crippen LogP contribution in [0.4, 0.5) is 11.6 Å². The number of hydrogen-bond acceptors (Lipinski definition) is 4. The van der Waals surface area contributed by atoms with Gasteiger partial charge in [0.2, 0.25) is 0 Å².